The summed E-state index contributed by atoms with van der Waals surface area (Å²) in [6.07, 6.45) is 4.90. The van der Waals surface area contributed by atoms with Gasteiger partial charge in [-0.25, -0.2) is 0 Å². The molecule has 0 saturated heterocycles. The fourth-order valence-corrected chi connectivity index (χ4v) is 2.05. The predicted molar refractivity (Wildman–Crippen MR) is 91.3 cm³/mol. The van der Waals surface area contributed by atoms with Gasteiger partial charge >= 0.3 is 0 Å². The first-order chi connectivity index (χ1) is 10.6. The van der Waals surface area contributed by atoms with Crippen LogP contribution in [0.15, 0.2) is 27.8 Å². The topological polar surface area (TPSA) is 58.8 Å². The molecule has 1 atom stereocenters. The zero-order chi connectivity index (χ0) is 16.2. The van der Waals surface area contributed by atoms with Gasteiger partial charge in [0, 0.05) is 26.1 Å². The minimum Gasteiger partial charge on any atom is -0.469 e. The van der Waals surface area contributed by atoms with E-state index in [1.807, 2.05) is 12.1 Å². The maximum Gasteiger partial charge on any atom is 0.191 e. The van der Waals surface area contributed by atoms with Crippen molar-refractivity contribution in [2.75, 3.05) is 26.8 Å². The first-order valence-electron chi connectivity index (χ1n) is 8.18. The Morgan fingerprint density at radius 1 is 1.32 bits per heavy atom. The summed E-state index contributed by atoms with van der Waals surface area (Å²) in [4.78, 5) is 4.54. The number of methoxy groups -OCH3 is 1. The lowest BCUT2D eigenvalue weighted by atomic mass is 10.0. The second kappa shape index (κ2) is 11.1. The van der Waals surface area contributed by atoms with Crippen LogP contribution in [0.4, 0.5) is 0 Å². The van der Waals surface area contributed by atoms with Crippen molar-refractivity contribution in [3.63, 3.8) is 0 Å². The Bertz CT molecular complexity index is 402. The molecule has 126 valence electrons. The predicted octanol–water partition coefficient (Wildman–Crippen LogP) is 2.83. The average Bonchev–Trinajstić information content (AvgIpc) is 2.98. The van der Waals surface area contributed by atoms with Gasteiger partial charge in [0.05, 0.1) is 19.4 Å². The molecule has 22 heavy (non-hydrogen) atoms. The minimum absolute atomic E-state index is 0.403. The SMILES string of the molecule is COCCN=C(NCCc1ccco1)NC(C)CCC(C)C. The fourth-order valence-electron chi connectivity index (χ4n) is 2.05. The maximum absolute atomic E-state index is 5.34. The molecule has 0 saturated carbocycles. The van der Waals surface area contributed by atoms with Crippen LogP contribution in [0.5, 0.6) is 0 Å². The van der Waals surface area contributed by atoms with Crippen molar-refractivity contribution in [1.82, 2.24) is 10.6 Å². The summed E-state index contributed by atoms with van der Waals surface area (Å²) >= 11 is 0. The van der Waals surface area contributed by atoms with Gasteiger partial charge < -0.3 is 19.8 Å². The van der Waals surface area contributed by atoms with Crippen LogP contribution in [0.25, 0.3) is 0 Å². The molecule has 0 aromatic carbocycles. The van der Waals surface area contributed by atoms with E-state index in [0.717, 1.165) is 37.0 Å². The summed E-state index contributed by atoms with van der Waals surface area (Å²) in [6.45, 7) is 8.78. The molecule has 0 amide bonds. The lowest BCUT2D eigenvalue weighted by Crippen LogP contribution is -2.43. The second-order valence-electron chi connectivity index (χ2n) is 6.00. The fraction of sp³-hybridized carbons (Fsp3) is 0.706. The molecule has 0 bridgehead atoms. The number of hydrogen-bond acceptors (Lipinski definition) is 3. The van der Waals surface area contributed by atoms with Gasteiger partial charge in [0.1, 0.15) is 5.76 Å². The van der Waals surface area contributed by atoms with Crippen LogP contribution < -0.4 is 10.6 Å². The summed E-state index contributed by atoms with van der Waals surface area (Å²) in [5, 5.41) is 6.82. The van der Waals surface area contributed by atoms with Crippen molar-refractivity contribution < 1.29 is 9.15 Å². The van der Waals surface area contributed by atoms with Crippen molar-refractivity contribution >= 4 is 5.96 Å². The molecular formula is C17H31N3O2. The monoisotopic (exact) mass is 309 g/mol. The number of rotatable bonds is 10. The Hall–Kier alpha value is -1.49. The molecule has 0 radical (unpaired) electrons. The molecule has 5 heteroatoms. The van der Waals surface area contributed by atoms with Gasteiger partial charge in [-0.2, -0.15) is 0 Å². The van der Waals surface area contributed by atoms with E-state index in [2.05, 4.69) is 36.4 Å². The van der Waals surface area contributed by atoms with Crippen molar-refractivity contribution in [2.24, 2.45) is 10.9 Å². The number of aliphatic imine (C=N–C) groups is 1. The van der Waals surface area contributed by atoms with Crippen LogP contribution in [0.2, 0.25) is 0 Å². The van der Waals surface area contributed by atoms with Crippen LogP contribution in [-0.2, 0) is 11.2 Å². The molecule has 0 aliphatic carbocycles. The number of nitrogens with zero attached hydrogens (tertiary/aromatic N) is 1. The Morgan fingerprint density at radius 3 is 2.77 bits per heavy atom. The Morgan fingerprint density at radius 2 is 2.14 bits per heavy atom. The number of furan rings is 1. The molecule has 0 fully saturated rings. The van der Waals surface area contributed by atoms with E-state index in [9.17, 15) is 0 Å². The summed E-state index contributed by atoms with van der Waals surface area (Å²) in [5.74, 6) is 2.56. The number of nitrogens with one attached hydrogen (secondary N) is 2. The highest BCUT2D eigenvalue weighted by atomic mass is 16.5. The van der Waals surface area contributed by atoms with Crippen molar-refractivity contribution in [2.45, 2.75) is 46.1 Å². The smallest absolute Gasteiger partial charge is 0.191 e. The van der Waals surface area contributed by atoms with Crippen LogP contribution in [0.1, 0.15) is 39.4 Å². The highest BCUT2D eigenvalue weighted by Gasteiger charge is 2.07. The van der Waals surface area contributed by atoms with Gasteiger partial charge in [0.2, 0.25) is 0 Å². The van der Waals surface area contributed by atoms with Crippen molar-refractivity contribution in [1.29, 1.82) is 0 Å². The highest BCUT2D eigenvalue weighted by Crippen LogP contribution is 2.06. The van der Waals surface area contributed by atoms with Crippen LogP contribution in [0.3, 0.4) is 0 Å². The molecule has 2 N–H and O–H groups in total. The van der Waals surface area contributed by atoms with Gasteiger partial charge in [-0.15, -0.1) is 0 Å². The van der Waals surface area contributed by atoms with E-state index in [1.54, 1.807) is 13.4 Å². The van der Waals surface area contributed by atoms with E-state index >= 15 is 0 Å². The third-order valence-electron chi connectivity index (χ3n) is 3.37. The summed E-state index contributed by atoms with van der Waals surface area (Å²) in [6, 6.07) is 4.30. The van der Waals surface area contributed by atoms with Gasteiger partial charge in [-0.1, -0.05) is 13.8 Å². The normalized spacial score (nSPS) is 13.4. The van der Waals surface area contributed by atoms with E-state index in [4.69, 9.17) is 9.15 Å². The molecule has 1 aromatic heterocycles. The van der Waals surface area contributed by atoms with Crippen LogP contribution >= 0.6 is 0 Å². The van der Waals surface area contributed by atoms with Crippen LogP contribution in [-0.4, -0.2) is 38.8 Å². The third kappa shape index (κ3) is 8.72. The maximum atomic E-state index is 5.34. The highest BCUT2D eigenvalue weighted by molar-refractivity contribution is 5.80. The van der Waals surface area contributed by atoms with Crippen LogP contribution in [0, 0.1) is 5.92 Å². The van der Waals surface area contributed by atoms with Crippen molar-refractivity contribution in [3.8, 4) is 0 Å². The van der Waals surface area contributed by atoms with E-state index in [0.29, 0.717) is 19.2 Å². The Kier molecular flexibility index (Phi) is 9.39. The largest absolute Gasteiger partial charge is 0.469 e. The molecular weight excluding hydrogens is 278 g/mol. The van der Waals surface area contributed by atoms with Gasteiger partial charge in [0.25, 0.3) is 0 Å². The molecule has 0 aliphatic rings. The standard InChI is InChI=1S/C17H31N3O2/c1-14(2)7-8-15(3)20-17(19-11-13-21-4)18-10-9-16-6-5-12-22-16/h5-6,12,14-15H,7-11,13H2,1-4H3,(H2,18,19,20). The molecule has 1 aromatic rings. The second-order valence-corrected chi connectivity index (χ2v) is 6.00. The molecule has 5 nitrogen and oxygen atoms in total. The van der Waals surface area contributed by atoms with Gasteiger partial charge in [-0.05, 0) is 37.8 Å². The average molecular weight is 309 g/mol. The lowest BCUT2D eigenvalue weighted by molar-refractivity contribution is 0.208. The summed E-state index contributed by atoms with van der Waals surface area (Å²) < 4.78 is 10.4. The van der Waals surface area contributed by atoms with E-state index < -0.39 is 0 Å². The zero-order valence-electron chi connectivity index (χ0n) is 14.4. The first kappa shape index (κ1) is 18.6. The summed E-state index contributed by atoms with van der Waals surface area (Å²) in [5.41, 5.74) is 0. The van der Waals surface area contributed by atoms with E-state index in [1.165, 1.54) is 6.42 Å². The minimum atomic E-state index is 0.403. The Labute approximate surface area is 134 Å². The molecule has 1 unspecified atom stereocenters. The Balaban J connectivity index is 2.39. The molecule has 1 rings (SSSR count). The molecule has 0 aliphatic heterocycles. The third-order valence-corrected chi connectivity index (χ3v) is 3.37. The van der Waals surface area contributed by atoms with E-state index in [-0.39, 0.29) is 0 Å². The summed E-state index contributed by atoms with van der Waals surface area (Å²) in [7, 11) is 1.69. The van der Waals surface area contributed by atoms with Crippen molar-refractivity contribution in [3.05, 3.63) is 24.2 Å². The zero-order valence-corrected chi connectivity index (χ0v) is 14.4. The number of guanidine groups is 1. The molecule has 1 heterocycles. The van der Waals surface area contributed by atoms with Gasteiger partial charge in [0.15, 0.2) is 5.96 Å². The first-order valence-corrected chi connectivity index (χ1v) is 8.18. The van der Waals surface area contributed by atoms with Gasteiger partial charge in [-0.3, -0.25) is 4.99 Å². The lowest BCUT2D eigenvalue weighted by Gasteiger charge is -2.19. The number of ether oxygens (including phenoxy) is 1. The molecule has 0 spiro atoms. The quantitative estimate of drug-likeness (QED) is 0.396. The number of hydrogen-bond donors (Lipinski definition) is 2.